The first-order valence-corrected chi connectivity index (χ1v) is 5.53. The molecule has 1 saturated carbocycles. The van der Waals surface area contributed by atoms with Crippen LogP contribution in [0.1, 0.15) is 32.6 Å². The standard InChI is InChI=1S/C11H19NO/c1-8(10-6-12-7-10)11(13)9-4-2-3-5-9/h8-10,12H,2-7H2,1H3. The van der Waals surface area contributed by atoms with Gasteiger partial charge < -0.3 is 5.32 Å². The van der Waals surface area contributed by atoms with Gasteiger partial charge >= 0.3 is 0 Å². The summed E-state index contributed by atoms with van der Waals surface area (Å²) in [6.45, 7) is 4.23. The van der Waals surface area contributed by atoms with Crippen molar-refractivity contribution in [2.24, 2.45) is 17.8 Å². The molecule has 2 rings (SSSR count). The molecule has 0 aromatic carbocycles. The summed E-state index contributed by atoms with van der Waals surface area (Å²) in [4.78, 5) is 12.0. The molecular weight excluding hydrogens is 162 g/mol. The summed E-state index contributed by atoms with van der Waals surface area (Å²) < 4.78 is 0. The minimum atomic E-state index is 0.310. The van der Waals surface area contributed by atoms with Crippen molar-refractivity contribution >= 4 is 5.78 Å². The molecule has 0 bridgehead atoms. The van der Waals surface area contributed by atoms with E-state index in [0.717, 1.165) is 25.9 Å². The van der Waals surface area contributed by atoms with Gasteiger partial charge in [-0.05, 0) is 31.8 Å². The predicted molar refractivity (Wildman–Crippen MR) is 52.5 cm³/mol. The van der Waals surface area contributed by atoms with Crippen LogP contribution in [0.3, 0.4) is 0 Å². The van der Waals surface area contributed by atoms with Gasteiger partial charge in [-0.15, -0.1) is 0 Å². The Bertz CT molecular complexity index is 192. The molecule has 74 valence electrons. The van der Waals surface area contributed by atoms with Crippen molar-refractivity contribution in [2.75, 3.05) is 13.1 Å². The van der Waals surface area contributed by atoms with Crippen molar-refractivity contribution in [2.45, 2.75) is 32.6 Å². The van der Waals surface area contributed by atoms with E-state index < -0.39 is 0 Å². The summed E-state index contributed by atoms with van der Waals surface area (Å²) in [6.07, 6.45) is 4.85. The van der Waals surface area contributed by atoms with Crippen LogP contribution in [-0.2, 0) is 4.79 Å². The average Bonchev–Trinajstić information content (AvgIpc) is 2.51. The molecule has 0 amide bonds. The molecule has 1 heterocycles. The Kier molecular flexibility index (Phi) is 2.68. The van der Waals surface area contributed by atoms with Crippen LogP contribution in [0.2, 0.25) is 0 Å². The van der Waals surface area contributed by atoms with E-state index in [4.69, 9.17) is 0 Å². The van der Waals surface area contributed by atoms with Gasteiger partial charge in [0.2, 0.25) is 0 Å². The number of carbonyl (C=O) groups is 1. The van der Waals surface area contributed by atoms with Gasteiger partial charge in [-0.3, -0.25) is 4.79 Å². The Labute approximate surface area is 80.1 Å². The maximum Gasteiger partial charge on any atom is 0.139 e. The summed E-state index contributed by atoms with van der Waals surface area (Å²) in [5, 5.41) is 3.24. The Hall–Kier alpha value is -0.370. The Morgan fingerprint density at radius 3 is 2.38 bits per heavy atom. The van der Waals surface area contributed by atoms with E-state index >= 15 is 0 Å². The van der Waals surface area contributed by atoms with Crippen molar-refractivity contribution in [3.8, 4) is 0 Å². The highest BCUT2D eigenvalue weighted by Gasteiger charge is 2.33. The van der Waals surface area contributed by atoms with Gasteiger partial charge in [0, 0.05) is 11.8 Å². The lowest BCUT2D eigenvalue weighted by atomic mass is 9.81. The first kappa shape index (κ1) is 9.20. The van der Waals surface area contributed by atoms with Crippen LogP contribution < -0.4 is 5.32 Å². The van der Waals surface area contributed by atoms with Crippen molar-refractivity contribution < 1.29 is 4.79 Å². The fraction of sp³-hybridized carbons (Fsp3) is 0.909. The molecule has 0 spiro atoms. The molecule has 1 saturated heterocycles. The molecule has 1 atom stereocenters. The van der Waals surface area contributed by atoms with E-state index in [1.807, 2.05) is 0 Å². The number of ketones is 1. The Morgan fingerprint density at radius 1 is 1.31 bits per heavy atom. The zero-order chi connectivity index (χ0) is 9.26. The van der Waals surface area contributed by atoms with Crippen LogP contribution in [0.5, 0.6) is 0 Å². The fourth-order valence-corrected chi connectivity index (χ4v) is 2.48. The van der Waals surface area contributed by atoms with Crippen LogP contribution in [0, 0.1) is 17.8 Å². The van der Waals surface area contributed by atoms with Crippen LogP contribution in [0.25, 0.3) is 0 Å². The topological polar surface area (TPSA) is 29.1 Å². The average molecular weight is 181 g/mol. The highest BCUT2D eigenvalue weighted by Crippen LogP contribution is 2.30. The minimum absolute atomic E-state index is 0.310. The third-order valence-corrected chi connectivity index (χ3v) is 3.73. The second-order valence-corrected chi connectivity index (χ2v) is 4.59. The largest absolute Gasteiger partial charge is 0.316 e. The summed E-state index contributed by atoms with van der Waals surface area (Å²) in [5.41, 5.74) is 0. The third-order valence-electron chi connectivity index (χ3n) is 3.73. The lowest BCUT2D eigenvalue weighted by Gasteiger charge is -2.32. The van der Waals surface area contributed by atoms with Crippen molar-refractivity contribution in [3.05, 3.63) is 0 Å². The van der Waals surface area contributed by atoms with E-state index in [2.05, 4.69) is 12.2 Å². The zero-order valence-electron chi connectivity index (χ0n) is 8.38. The number of nitrogens with one attached hydrogen (secondary N) is 1. The molecule has 1 N–H and O–H groups in total. The van der Waals surface area contributed by atoms with Gasteiger partial charge in [0.05, 0.1) is 0 Å². The van der Waals surface area contributed by atoms with Gasteiger partial charge in [0.15, 0.2) is 0 Å². The summed E-state index contributed by atoms with van der Waals surface area (Å²) in [6, 6.07) is 0. The van der Waals surface area contributed by atoms with Crippen molar-refractivity contribution in [3.63, 3.8) is 0 Å². The van der Waals surface area contributed by atoms with Crippen LogP contribution in [-0.4, -0.2) is 18.9 Å². The highest BCUT2D eigenvalue weighted by molar-refractivity contribution is 5.83. The van der Waals surface area contributed by atoms with E-state index in [0.29, 0.717) is 23.5 Å². The van der Waals surface area contributed by atoms with Crippen molar-refractivity contribution in [1.82, 2.24) is 5.32 Å². The molecule has 1 aliphatic heterocycles. The predicted octanol–water partition coefficient (Wildman–Crippen LogP) is 1.60. The Morgan fingerprint density at radius 2 is 1.92 bits per heavy atom. The minimum Gasteiger partial charge on any atom is -0.316 e. The van der Waals surface area contributed by atoms with E-state index in [-0.39, 0.29) is 0 Å². The lowest BCUT2D eigenvalue weighted by molar-refractivity contribution is -0.128. The van der Waals surface area contributed by atoms with Gasteiger partial charge in [-0.2, -0.15) is 0 Å². The zero-order valence-corrected chi connectivity index (χ0v) is 8.38. The van der Waals surface area contributed by atoms with E-state index in [1.165, 1.54) is 12.8 Å². The summed E-state index contributed by atoms with van der Waals surface area (Å²) >= 11 is 0. The van der Waals surface area contributed by atoms with Crippen LogP contribution in [0.15, 0.2) is 0 Å². The normalized spacial score (nSPS) is 27.2. The van der Waals surface area contributed by atoms with Gasteiger partial charge in [-0.25, -0.2) is 0 Å². The fourth-order valence-electron chi connectivity index (χ4n) is 2.48. The van der Waals surface area contributed by atoms with Crippen LogP contribution >= 0.6 is 0 Å². The number of Topliss-reactive ketones (excluding diaryl/α,β-unsaturated/α-hetero) is 1. The monoisotopic (exact) mass is 181 g/mol. The van der Waals surface area contributed by atoms with Crippen LogP contribution in [0.4, 0.5) is 0 Å². The lowest BCUT2D eigenvalue weighted by Crippen LogP contribution is -2.48. The number of hydrogen-bond acceptors (Lipinski definition) is 2. The first-order chi connectivity index (χ1) is 6.29. The summed E-state index contributed by atoms with van der Waals surface area (Å²) in [5.74, 6) is 1.90. The number of rotatable bonds is 3. The number of carbonyl (C=O) groups excluding carboxylic acids is 1. The highest BCUT2D eigenvalue weighted by atomic mass is 16.1. The molecule has 0 aromatic rings. The van der Waals surface area contributed by atoms with Gasteiger partial charge in [0.1, 0.15) is 5.78 Å². The smallest absolute Gasteiger partial charge is 0.139 e. The van der Waals surface area contributed by atoms with E-state index in [9.17, 15) is 4.79 Å². The molecule has 2 aliphatic rings. The maximum atomic E-state index is 12.0. The first-order valence-electron chi connectivity index (χ1n) is 5.53. The van der Waals surface area contributed by atoms with Gasteiger partial charge in [-0.1, -0.05) is 19.8 Å². The maximum absolute atomic E-state index is 12.0. The molecular formula is C11H19NO. The number of hydrogen-bond donors (Lipinski definition) is 1. The molecule has 2 fully saturated rings. The Balaban J connectivity index is 1.87. The quantitative estimate of drug-likeness (QED) is 0.716. The molecule has 2 nitrogen and oxygen atoms in total. The molecule has 0 aromatic heterocycles. The third kappa shape index (κ3) is 1.78. The summed E-state index contributed by atoms with van der Waals surface area (Å²) in [7, 11) is 0. The van der Waals surface area contributed by atoms with E-state index in [1.54, 1.807) is 0 Å². The molecule has 1 aliphatic carbocycles. The SMILES string of the molecule is CC(C(=O)C1CCCC1)C1CNC1. The molecule has 0 radical (unpaired) electrons. The molecule has 13 heavy (non-hydrogen) atoms. The molecule has 1 unspecified atom stereocenters. The second kappa shape index (κ2) is 3.79. The molecule has 2 heteroatoms. The van der Waals surface area contributed by atoms with Gasteiger partial charge in [0.25, 0.3) is 0 Å². The van der Waals surface area contributed by atoms with Crippen molar-refractivity contribution in [1.29, 1.82) is 0 Å². The second-order valence-electron chi connectivity index (χ2n) is 4.59.